The normalized spacial score (nSPS) is 12.6. The van der Waals surface area contributed by atoms with Crippen molar-refractivity contribution in [1.29, 1.82) is 0 Å². The highest BCUT2D eigenvalue weighted by molar-refractivity contribution is 7.16. The van der Waals surface area contributed by atoms with Crippen molar-refractivity contribution in [3.63, 3.8) is 0 Å². The molecule has 0 radical (unpaired) electrons. The van der Waals surface area contributed by atoms with Gasteiger partial charge in [-0.25, -0.2) is 14.6 Å². The Morgan fingerprint density at radius 3 is 1.86 bits per heavy atom. The maximum Gasteiger partial charge on any atom is 0.416 e. The number of nitrogens with zero attached hydrogens (tertiary/aromatic N) is 2. The van der Waals surface area contributed by atoms with Gasteiger partial charge in [-0.1, -0.05) is 95.3 Å². The molecule has 0 aliphatic rings. The van der Waals surface area contributed by atoms with Crippen LogP contribution in [0.15, 0.2) is 60.7 Å². The van der Waals surface area contributed by atoms with Crippen LogP contribution in [0.5, 0.6) is 0 Å². The summed E-state index contributed by atoms with van der Waals surface area (Å²) in [6.07, 6.45) is -0.0217. The molecule has 0 aliphatic heterocycles. The van der Waals surface area contributed by atoms with E-state index in [2.05, 4.69) is 88.1 Å². The van der Waals surface area contributed by atoms with Gasteiger partial charge in [0.2, 0.25) is 0 Å². The molecule has 3 aromatic rings. The Hall–Kier alpha value is -3.01. The van der Waals surface area contributed by atoms with Crippen LogP contribution in [0.3, 0.4) is 0 Å². The number of hydrogen-bond acceptors (Lipinski definition) is 7. The number of carbonyl (C=O) groups is 2. The molecule has 0 saturated carbocycles. The standard InChI is InChI=1S/C33H46N2O5SSi/c1-11-38-28(36)27-26(41-29(34-27)35(10)30(37)40-31(2,3)4)22-33(8,9)23-39-42(32(5,6)7,24-18-14-12-15-19-24)25-20-16-13-17-21-25/h12-21H,11,22-23H2,1-10H3. The summed E-state index contributed by atoms with van der Waals surface area (Å²) >= 11 is 1.30. The minimum absolute atomic E-state index is 0.157. The van der Waals surface area contributed by atoms with E-state index in [-0.39, 0.29) is 22.8 Å². The lowest BCUT2D eigenvalue weighted by Gasteiger charge is -2.44. The number of anilines is 1. The maximum absolute atomic E-state index is 13.0. The zero-order valence-electron chi connectivity index (χ0n) is 26.7. The highest BCUT2D eigenvalue weighted by Crippen LogP contribution is 2.39. The Kier molecular flexibility index (Phi) is 10.4. The van der Waals surface area contributed by atoms with Gasteiger partial charge in [0.15, 0.2) is 10.8 Å². The number of thiazole rings is 1. The van der Waals surface area contributed by atoms with Crippen LogP contribution in [0.1, 0.15) is 77.7 Å². The maximum atomic E-state index is 13.0. The third-order valence-corrected chi connectivity index (χ3v) is 13.0. The lowest BCUT2D eigenvalue weighted by molar-refractivity contribution is 0.0514. The van der Waals surface area contributed by atoms with Gasteiger partial charge in [0.1, 0.15) is 5.60 Å². The van der Waals surface area contributed by atoms with Crippen molar-refractivity contribution < 1.29 is 23.5 Å². The molecular formula is C33H46N2O5SSi. The zero-order valence-corrected chi connectivity index (χ0v) is 28.6. The van der Waals surface area contributed by atoms with E-state index in [4.69, 9.17) is 13.9 Å². The number of esters is 1. The minimum atomic E-state index is -2.75. The number of aromatic nitrogens is 1. The second kappa shape index (κ2) is 13.1. The molecule has 0 unspecified atom stereocenters. The first kappa shape index (κ1) is 33.5. The van der Waals surface area contributed by atoms with Crippen LogP contribution in [0.2, 0.25) is 5.04 Å². The van der Waals surface area contributed by atoms with Crippen LogP contribution in [0, 0.1) is 5.41 Å². The Labute approximate surface area is 256 Å². The Balaban J connectivity index is 1.98. The molecule has 1 aromatic heterocycles. The lowest BCUT2D eigenvalue weighted by Crippen LogP contribution is -2.67. The summed E-state index contributed by atoms with van der Waals surface area (Å²) in [6.45, 7) is 18.9. The van der Waals surface area contributed by atoms with Gasteiger partial charge in [-0.15, -0.1) is 11.3 Å². The van der Waals surface area contributed by atoms with Crippen LogP contribution < -0.4 is 15.3 Å². The fraction of sp³-hybridized carbons (Fsp3) is 0.485. The van der Waals surface area contributed by atoms with Gasteiger partial charge in [0.05, 0.1) is 6.61 Å². The number of amides is 1. The zero-order chi connectivity index (χ0) is 31.3. The highest BCUT2D eigenvalue weighted by Gasteiger charge is 2.50. The summed E-state index contributed by atoms with van der Waals surface area (Å²) in [5, 5.41) is 2.65. The van der Waals surface area contributed by atoms with E-state index >= 15 is 0 Å². The molecule has 0 atom stereocenters. The molecule has 1 heterocycles. The number of hydrogen-bond donors (Lipinski definition) is 0. The van der Waals surface area contributed by atoms with Gasteiger partial charge >= 0.3 is 12.1 Å². The molecule has 9 heteroatoms. The summed E-state index contributed by atoms with van der Waals surface area (Å²) in [5.74, 6) is -0.503. The molecule has 7 nitrogen and oxygen atoms in total. The molecule has 228 valence electrons. The van der Waals surface area contributed by atoms with Gasteiger partial charge in [-0.05, 0) is 54.9 Å². The Bertz CT molecular complexity index is 1300. The number of carbonyl (C=O) groups excluding carboxylic acids is 2. The van der Waals surface area contributed by atoms with Crippen molar-refractivity contribution in [1.82, 2.24) is 4.98 Å². The fourth-order valence-corrected chi connectivity index (χ4v) is 10.9. The molecule has 0 aliphatic carbocycles. The van der Waals surface area contributed by atoms with E-state index in [0.29, 0.717) is 18.2 Å². The van der Waals surface area contributed by atoms with Crippen LogP contribution in [0.4, 0.5) is 9.93 Å². The van der Waals surface area contributed by atoms with Crippen LogP contribution in [-0.2, 0) is 20.3 Å². The summed E-state index contributed by atoms with van der Waals surface area (Å²) in [6, 6.07) is 21.1. The molecule has 42 heavy (non-hydrogen) atoms. The van der Waals surface area contributed by atoms with E-state index in [9.17, 15) is 9.59 Å². The number of rotatable bonds is 10. The van der Waals surface area contributed by atoms with Crippen LogP contribution in [0.25, 0.3) is 0 Å². The quantitative estimate of drug-likeness (QED) is 0.185. The second-order valence-electron chi connectivity index (χ2n) is 13.3. The van der Waals surface area contributed by atoms with Gasteiger partial charge in [-0.2, -0.15) is 0 Å². The van der Waals surface area contributed by atoms with E-state index < -0.39 is 26.0 Å². The van der Waals surface area contributed by atoms with E-state index in [1.165, 1.54) is 26.6 Å². The second-order valence-corrected chi connectivity index (χ2v) is 18.7. The molecule has 2 aromatic carbocycles. The first-order valence-electron chi connectivity index (χ1n) is 14.4. The summed E-state index contributed by atoms with van der Waals surface area (Å²) in [4.78, 5) is 32.4. The average molecular weight is 611 g/mol. The molecule has 3 rings (SSSR count). The van der Waals surface area contributed by atoms with Crippen LogP contribution in [-0.4, -0.2) is 51.2 Å². The SMILES string of the molecule is CCOC(=O)c1nc(N(C)C(=O)OC(C)(C)C)sc1CC(C)(C)CO[Si](c1ccccc1)(c1ccccc1)C(C)(C)C. The topological polar surface area (TPSA) is 78.0 Å². The number of benzene rings is 2. The monoisotopic (exact) mass is 610 g/mol. The van der Waals surface area contributed by atoms with Crippen molar-refractivity contribution in [2.75, 3.05) is 25.2 Å². The Morgan fingerprint density at radius 2 is 1.40 bits per heavy atom. The molecule has 0 bridgehead atoms. The first-order valence-corrected chi connectivity index (χ1v) is 17.1. The van der Waals surface area contributed by atoms with Crippen molar-refractivity contribution in [2.45, 2.75) is 79.4 Å². The predicted octanol–water partition coefficient (Wildman–Crippen LogP) is 6.84. The van der Waals surface area contributed by atoms with Crippen molar-refractivity contribution in [3.05, 3.63) is 71.2 Å². The molecule has 0 spiro atoms. The van der Waals surface area contributed by atoms with Crippen molar-refractivity contribution in [2.24, 2.45) is 5.41 Å². The summed E-state index contributed by atoms with van der Waals surface area (Å²) < 4.78 is 18.1. The van der Waals surface area contributed by atoms with Gasteiger partial charge in [0, 0.05) is 18.5 Å². The minimum Gasteiger partial charge on any atom is -0.461 e. The Morgan fingerprint density at radius 1 is 0.881 bits per heavy atom. The first-order chi connectivity index (χ1) is 19.5. The van der Waals surface area contributed by atoms with Gasteiger partial charge in [0.25, 0.3) is 8.32 Å². The fourth-order valence-electron chi connectivity index (χ4n) is 4.92. The molecule has 0 saturated heterocycles. The third kappa shape index (κ3) is 7.88. The van der Waals surface area contributed by atoms with Crippen LogP contribution >= 0.6 is 11.3 Å². The molecule has 0 N–H and O–H groups in total. The largest absolute Gasteiger partial charge is 0.461 e. The number of ether oxygens (including phenoxy) is 2. The highest BCUT2D eigenvalue weighted by atomic mass is 32.1. The molecule has 0 fully saturated rings. The summed E-state index contributed by atoms with van der Waals surface area (Å²) in [5.41, 5.74) is -0.802. The average Bonchev–Trinajstić information content (AvgIpc) is 3.31. The van der Waals surface area contributed by atoms with Crippen molar-refractivity contribution in [3.8, 4) is 0 Å². The van der Waals surface area contributed by atoms with Gasteiger partial charge in [-0.3, -0.25) is 4.90 Å². The predicted molar refractivity (Wildman–Crippen MR) is 174 cm³/mol. The smallest absolute Gasteiger partial charge is 0.416 e. The summed E-state index contributed by atoms with van der Waals surface area (Å²) in [7, 11) is -1.15. The third-order valence-electron chi connectivity index (χ3n) is 6.84. The molecular weight excluding hydrogens is 565 g/mol. The lowest BCUT2D eigenvalue weighted by atomic mass is 9.89. The van der Waals surface area contributed by atoms with Gasteiger partial charge < -0.3 is 13.9 Å². The van der Waals surface area contributed by atoms with Crippen molar-refractivity contribution >= 4 is 47.2 Å². The molecule has 1 amide bonds. The van der Waals surface area contributed by atoms with E-state index in [1.807, 2.05) is 32.9 Å². The van der Waals surface area contributed by atoms with E-state index in [0.717, 1.165) is 4.88 Å². The van der Waals surface area contributed by atoms with E-state index in [1.54, 1.807) is 14.0 Å².